The van der Waals surface area contributed by atoms with Gasteiger partial charge in [0.25, 0.3) is 0 Å². The molecule has 1 aromatic heterocycles. The second-order valence-corrected chi connectivity index (χ2v) is 8.60. The number of aliphatic hydroxyl groups is 3. The van der Waals surface area contributed by atoms with Crippen molar-refractivity contribution in [3.05, 3.63) is 39.2 Å². The van der Waals surface area contributed by atoms with Crippen LogP contribution in [0.1, 0.15) is 11.7 Å². The summed E-state index contributed by atoms with van der Waals surface area (Å²) in [6.45, 7) is -1.07. The molecule has 16 heteroatoms. The Morgan fingerprint density at radius 3 is 2.57 bits per heavy atom. The van der Waals surface area contributed by atoms with E-state index in [9.17, 15) is 48.4 Å². The summed E-state index contributed by atoms with van der Waals surface area (Å²) < 4.78 is 45.6. The molecule has 3 rings (SSSR count). The number of nitrogens with zero attached hydrogens (tertiary/aromatic N) is 3. The first kappa shape index (κ1) is 26.7. The first-order valence-corrected chi connectivity index (χ1v) is 10.7. The van der Waals surface area contributed by atoms with Crippen LogP contribution in [0.2, 0.25) is 5.02 Å². The number of carboxylic acid groups (broad SMARTS) is 1. The number of rotatable bonds is 6. The Labute approximate surface area is 207 Å². The van der Waals surface area contributed by atoms with Crippen LogP contribution in [-0.2, 0) is 14.3 Å². The lowest BCUT2D eigenvalue weighted by molar-refractivity contribution is -0.178. The quantitative estimate of drug-likeness (QED) is 0.332. The fourth-order valence-electron chi connectivity index (χ4n) is 3.49. The number of benzene rings is 1. The molecule has 2 heterocycles. The van der Waals surface area contributed by atoms with E-state index in [0.717, 1.165) is 10.8 Å². The Balaban J connectivity index is 2.26. The molecule has 0 spiro atoms. The zero-order chi connectivity index (χ0) is 26.2. The molecule has 5 atom stereocenters. The van der Waals surface area contributed by atoms with Gasteiger partial charge in [0.05, 0.1) is 29.2 Å². The molecular weight excluding hydrogens is 569 g/mol. The Bertz CT molecular complexity index is 1250. The Morgan fingerprint density at radius 2 is 2.03 bits per heavy atom. The largest absolute Gasteiger partial charge is 0.478 e. The van der Waals surface area contributed by atoms with E-state index in [-0.39, 0.29) is 21.6 Å². The third kappa shape index (κ3) is 5.21. The zero-order valence-corrected chi connectivity index (χ0v) is 19.4. The van der Waals surface area contributed by atoms with Crippen LogP contribution in [0.5, 0.6) is 0 Å². The van der Waals surface area contributed by atoms with E-state index >= 15 is 0 Å². The van der Waals surface area contributed by atoms with Crippen LogP contribution in [-0.4, -0.2) is 79.2 Å². The predicted octanol–water partition coefficient (Wildman–Crippen LogP) is 0.993. The van der Waals surface area contributed by atoms with Gasteiger partial charge >= 0.3 is 18.1 Å². The van der Waals surface area contributed by atoms with E-state index in [2.05, 4.69) is 21.0 Å². The minimum absolute atomic E-state index is 0.111. The highest BCUT2D eigenvalue weighted by atomic mass is 79.9. The van der Waals surface area contributed by atoms with Crippen molar-refractivity contribution in [2.45, 2.75) is 36.6 Å². The summed E-state index contributed by atoms with van der Waals surface area (Å²) in [6.07, 6.45) is -10.8. The first-order chi connectivity index (χ1) is 16.3. The fourth-order valence-corrected chi connectivity index (χ4v) is 3.99. The van der Waals surface area contributed by atoms with Crippen LogP contribution < -0.4 is 5.32 Å². The molecule has 1 aliphatic rings. The molecule has 2 aromatic rings. The molecule has 0 radical (unpaired) electrons. The van der Waals surface area contributed by atoms with Crippen molar-refractivity contribution >= 4 is 50.3 Å². The number of carboxylic acids is 1. The molecule has 0 saturated heterocycles. The fraction of sp³-hybridized carbons (Fsp3) is 0.368. The summed E-state index contributed by atoms with van der Waals surface area (Å²) in [5.74, 6) is -5.04. The van der Waals surface area contributed by atoms with E-state index in [1.54, 1.807) is 5.32 Å². The van der Waals surface area contributed by atoms with E-state index in [1.807, 2.05) is 6.07 Å². The van der Waals surface area contributed by atoms with Gasteiger partial charge in [0.15, 0.2) is 0 Å². The van der Waals surface area contributed by atoms with Crippen molar-refractivity contribution in [2.24, 2.45) is 0 Å². The summed E-state index contributed by atoms with van der Waals surface area (Å²) in [5.41, 5.74) is -0.132. The number of halogens is 5. The molecule has 0 fully saturated rings. The number of fused-ring (bicyclic) bond motifs is 1. The van der Waals surface area contributed by atoms with Gasteiger partial charge in [-0.25, -0.2) is 9.48 Å². The van der Waals surface area contributed by atoms with Crippen molar-refractivity contribution in [1.29, 1.82) is 5.26 Å². The van der Waals surface area contributed by atoms with Crippen LogP contribution in [0.4, 0.5) is 13.2 Å². The Hall–Kier alpha value is -2.90. The molecule has 188 valence electrons. The van der Waals surface area contributed by atoms with Gasteiger partial charge in [-0.1, -0.05) is 11.6 Å². The van der Waals surface area contributed by atoms with Crippen LogP contribution in [0.3, 0.4) is 0 Å². The van der Waals surface area contributed by atoms with Crippen LogP contribution in [0.25, 0.3) is 10.9 Å². The molecule has 0 aliphatic carbocycles. The third-order valence-corrected chi connectivity index (χ3v) is 6.31. The van der Waals surface area contributed by atoms with Crippen molar-refractivity contribution < 1.29 is 47.9 Å². The molecule has 1 amide bonds. The normalized spacial score (nSPS) is 22.0. The molecular formula is C19H15BrClF3N4O7. The monoisotopic (exact) mass is 582 g/mol. The van der Waals surface area contributed by atoms with Crippen LogP contribution in [0.15, 0.2) is 28.4 Å². The second-order valence-electron chi connectivity index (χ2n) is 7.34. The molecule has 11 nitrogen and oxygen atoms in total. The van der Waals surface area contributed by atoms with E-state index in [1.165, 1.54) is 12.1 Å². The van der Waals surface area contributed by atoms with E-state index in [4.69, 9.17) is 16.3 Å². The first-order valence-electron chi connectivity index (χ1n) is 9.54. The highest BCUT2D eigenvalue weighted by Crippen LogP contribution is 2.35. The number of hydrogen-bond acceptors (Lipinski definition) is 8. The topological polar surface area (TPSA) is 178 Å². The third-order valence-electron chi connectivity index (χ3n) is 5.12. The summed E-state index contributed by atoms with van der Waals surface area (Å²) in [7, 11) is 0. The lowest BCUT2D eigenvalue weighted by atomic mass is 9.91. The lowest BCUT2D eigenvalue weighted by Crippen LogP contribution is -2.60. The number of aliphatic hydroxyl groups excluding tert-OH is 3. The van der Waals surface area contributed by atoms with E-state index in [0.29, 0.717) is 4.47 Å². The van der Waals surface area contributed by atoms with Crippen molar-refractivity contribution in [2.75, 3.05) is 6.61 Å². The van der Waals surface area contributed by atoms with Crippen molar-refractivity contribution in [1.82, 2.24) is 15.1 Å². The number of nitrogens with one attached hydrogen (secondary N) is 1. The molecule has 0 unspecified atom stereocenters. The van der Waals surface area contributed by atoms with Gasteiger partial charge in [-0.2, -0.15) is 23.5 Å². The van der Waals surface area contributed by atoms with Gasteiger partial charge in [-0.3, -0.25) is 4.79 Å². The maximum Gasteiger partial charge on any atom is 0.471 e. The second kappa shape index (κ2) is 9.99. The molecule has 1 aliphatic heterocycles. The average molecular weight is 584 g/mol. The number of aromatic nitrogens is 2. The molecule has 5 N–H and O–H groups in total. The van der Waals surface area contributed by atoms with E-state index < -0.39 is 60.8 Å². The SMILES string of the molecule is N#Cc1c2cc(Br)c(Cl)cc2nn1[C@H]1C=C(C(=O)O)O[C@@H]([C@H](O)[C@H](O)CO)[C@@H]1NC(=O)C(F)(F)F. The van der Waals surface area contributed by atoms with Gasteiger partial charge in [-0.15, -0.1) is 0 Å². The summed E-state index contributed by atoms with van der Waals surface area (Å²) in [6, 6.07) is 1.02. The minimum Gasteiger partial charge on any atom is -0.478 e. The maximum absolute atomic E-state index is 13.1. The van der Waals surface area contributed by atoms with Gasteiger partial charge in [0, 0.05) is 9.86 Å². The number of aliphatic carboxylic acids is 1. The Morgan fingerprint density at radius 1 is 1.37 bits per heavy atom. The summed E-state index contributed by atoms with van der Waals surface area (Å²) >= 11 is 9.23. The van der Waals surface area contributed by atoms with Gasteiger partial charge in [0.1, 0.15) is 30.1 Å². The van der Waals surface area contributed by atoms with Crippen LogP contribution in [0, 0.1) is 11.3 Å². The number of amides is 1. The molecule has 0 bridgehead atoms. The minimum atomic E-state index is -5.39. The maximum atomic E-state index is 13.1. The molecule has 35 heavy (non-hydrogen) atoms. The van der Waals surface area contributed by atoms with Crippen molar-refractivity contribution in [3.63, 3.8) is 0 Å². The number of carbonyl (C=O) groups excluding carboxylic acids is 1. The number of ether oxygens (including phenoxy) is 1. The number of carbonyl (C=O) groups is 2. The van der Waals surface area contributed by atoms with Crippen LogP contribution >= 0.6 is 27.5 Å². The number of alkyl halides is 3. The summed E-state index contributed by atoms with van der Waals surface area (Å²) in [4.78, 5) is 23.5. The zero-order valence-electron chi connectivity index (χ0n) is 17.1. The number of nitriles is 1. The summed E-state index contributed by atoms with van der Waals surface area (Å²) in [5, 5.41) is 54.8. The predicted molar refractivity (Wildman–Crippen MR) is 114 cm³/mol. The lowest BCUT2D eigenvalue weighted by Gasteiger charge is -2.40. The Kier molecular flexibility index (Phi) is 7.62. The standard InChI is InChI=1S/C19H15BrClF3N4O7/c20-7-1-6-9(2-8(7)21)27-28(11(6)4-25)10-3-13(17(32)33)35-16(15(31)12(30)5-29)14(10)26-18(34)19(22,23)24/h1-3,10,12,14-16,29-31H,5H2,(H,26,34)(H,32,33)/t10-,12+,14+,15+,16+/m0/s1. The van der Waals surface area contributed by atoms with Gasteiger partial charge in [0.2, 0.25) is 5.76 Å². The molecule has 1 aromatic carbocycles. The van der Waals surface area contributed by atoms with Gasteiger partial charge in [-0.05, 0) is 34.1 Å². The smallest absolute Gasteiger partial charge is 0.471 e. The number of hydrogen-bond donors (Lipinski definition) is 5. The van der Waals surface area contributed by atoms with Crippen molar-refractivity contribution in [3.8, 4) is 6.07 Å². The average Bonchev–Trinajstić information content (AvgIpc) is 3.14. The highest BCUT2D eigenvalue weighted by Gasteiger charge is 2.49. The molecule has 0 saturated carbocycles. The highest BCUT2D eigenvalue weighted by molar-refractivity contribution is 9.10. The van der Waals surface area contributed by atoms with Gasteiger partial charge < -0.3 is 30.5 Å².